The Morgan fingerprint density at radius 2 is 1.92 bits per heavy atom. The van der Waals surface area contributed by atoms with Crippen LogP contribution in [-0.4, -0.2) is 54.6 Å². The second kappa shape index (κ2) is 7.33. The molecule has 2 aliphatic heterocycles. The molecule has 26 heavy (non-hydrogen) atoms. The summed E-state index contributed by atoms with van der Waals surface area (Å²) in [5.41, 5.74) is 1.10. The number of hydrogen-bond donors (Lipinski definition) is 0. The van der Waals surface area contributed by atoms with Gasteiger partial charge in [-0.2, -0.15) is 0 Å². The minimum atomic E-state index is -0.375. The third-order valence-electron chi connectivity index (χ3n) is 4.72. The van der Waals surface area contributed by atoms with Gasteiger partial charge in [0.25, 0.3) is 0 Å². The molecule has 1 fully saturated rings. The predicted molar refractivity (Wildman–Crippen MR) is 94.6 cm³/mol. The van der Waals surface area contributed by atoms with Crippen LogP contribution in [0.3, 0.4) is 0 Å². The molecule has 4 rings (SSSR count). The lowest BCUT2D eigenvalue weighted by Gasteiger charge is -2.39. The van der Waals surface area contributed by atoms with Crippen LogP contribution in [0.2, 0.25) is 0 Å². The van der Waals surface area contributed by atoms with Gasteiger partial charge in [-0.1, -0.05) is 30.3 Å². The smallest absolute Gasteiger partial charge is 0.237 e. The maximum atomic E-state index is 13.6. The van der Waals surface area contributed by atoms with E-state index in [1.54, 1.807) is 23.1 Å². The summed E-state index contributed by atoms with van der Waals surface area (Å²) in [5, 5.41) is 0. The zero-order valence-corrected chi connectivity index (χ0v) is 14.4. The standard InChI is InChI=1S/C20H21FN2O3/c21-17-6-2-4-8-19(17)26-16-12-23(13-16)20(24)14-22-9-10-25-18-7-3-1-5-15(18)11-22/h1-8,16H,9-14H2. The van der Waals surface area contributed by atoms with E-state index in [1.807, 2.05) is 24.3 Å². The van der Waals surface area contributed by atoms with E-state index in [1.165, 1.54) is 6.07 Å². The van der Waals surface area contributed by atoms with Crippen LogP contribution in [0.25, 0.3) is 0 Å². The van der Waals surface area contributed by atoms with Gasteiger partial charge in [-0.25, -0.2) is 4.39 Å². The summed E-state index contributed by atoms with van der Waals surface area (Å²) < 4.78 is 25.0. The third-order valence-corrected chi connectivity index (χ3v) is 4.72. The Kier molecular flexibility index (Phi) is 4.75. The number of nitrogens with zero attached hydrogens (tertiary/aromatic N) is 2. The fraction of sp³-hybridized carbons (Fsp3) is 0.350. The van der Waals surface area contributed by atoms with Crippen molar-refractivity contribution in [1.82, 2.24) is 9.80 Å². The Bertz CT molecular complexity index is 792. The maximum absolute atomic E-state index is 13.6. The second-order valence-corrected chi connectivity index (χ2v) is 6.64. The molecule has 6 heteroatoms. The van der Waals surface area contributed by atoms with E-state index in [0.29, 0.717) is 39.3 Å². The number of likely N-dealkylation sites (tertiary alicyclic amines) is 1. The Morgan fingerprint density at radius 1 is 1.15 bits per heavy atom. The van der Waals surface area contributed by atoms with Crippen LogP contribution in [0.4, 0.5) is 4.39 Å². The number of carbonyl (C=O) groups excluding carboxylic acids is 1. The topological polar surface area (TPSA) is 42.0 Å². The Balaban J connectivity index is 1.28. The van der Waals surface area contributed by atoms with Gasteiger partial charge in [-0.05, 0) is 18.2 Å². The molecule has 0 radical (unpaired) electrons. The van der Waals surface area contributed by atoms with Gasteiger partial charge in [0.15, 0.2) is 11.6 Å². The highest BCUT2D eigenvalue weighted by molar-refractivity contribution is 5.79. The van der Waals surface area contributed by atoms with Gasteiger partial charge in [0.2, 0.25) is 5.91 Å². The Hall–Kier alpha value is -2.60. The molecule has 136 valence electrons. The molecule has 1 amide bonds. The molecular formula is C20H21FN2O3. The SMILES string of the molecule is O=C(CN1CCOc2ccccc2C1)N1CC(Oc2ccccc2F)C1. The fourth-order valence-electron chi connectivity index (χ4n) is 3.24. The van der Waals surface area contributed by atoms with Gasteiger partial charge in [0.1, 0.15) is 18.5 Å². The first kappa shape index (κ1) is 16.8. The molecule has 0 spiro atoms. The first-order chi connectivity index (χ1) is 12.7. The largest absolute Gasteiger partial charge is 0.492 e. The number of halogens is 1. The monoisotopic (exact) mass is 356 g/mol. The van der Waals surface area contributed by atoms with Gasteiger partial charge in [0, 0.05) is 18.7 Å². The average molecular weight is 356 g/mol. The lowest BCUT2D eigenvalue weighted by molar-refractivity contribution is -0.141. The van der Waals surface area contributed by atoms with Crippen LogP contribution in [0.5, 0.6) is 11.5 Å². The molecular weight excluding hydrogens is 335 g/mol. The van der Waals surface area contributed by atoms with E-state index in [9.17, 15) is 9.18 Å². The van der Waals surface area contributed by atoms with Crippen LogP contribution >= 0.6 is 0 Å². The molecule has 0 aromatic heterocycles. The molecule has 0 unspecified atom stereocenters. The van der Waals surface area contributed by atoms with E-state index in [4.69, 9.17) is 9.47 Å². The first-order valence-corrected chi connectivity index (χ1v) is 8.81. The number of rotatable bonds is 4. The second-order valence-electron chi connectivity index (χ2n) is 6.64. The summed E-state index contributed by atoms with van der Waals surface area (Å²) in [6.45, 7) is 3.32. The summed E-state index contributed by atoms with van der Waals surface area (Å²) in [6, 6.07) is 14.3. The molecule has 0 bridgehead atoms. The molecule has 5 nitrogen and oxygen atoms in total. The molecule has 2 aromatic carbocycles. The zero-order valence-electron chi connectivity index (χ0n) is 14.4. The van der Waals surface area contributed by atoms with Gasteiger partial charge in [-0.3, -0.25) is 9.69 Å². The highest BCUT2D eigenvalue weighted by atomic mass is 19.1. The van der Waals surface area contributed by atoms with Gasteiger partial charge < -0.3 is 14.4 Å². The van der Waals surface area contributed by atoms with Crippen LogP contribution in [0.15, 0.2) is 48.5 Å². The third kappa shape index (κ3) is 3.65. The van der Waals surface area contributed by atoms with Crippen molar-refractivity contribution in [3.05, 3.63) is 59.9 Å². The maximum Gasteiger partial charge on any atom is 0.237 e. The van der Waals surface area contributed by atoms with Gasteiger partial charge in [0.05, 0.1) is 19.6 Å². The average Bonchev–Trinajstić information content (AvgIpc) is 2.80. The normalized spacial score (nSPS) is 17.7. The highest BCUT2D eigenvalue weighted by Crippen LogP contribution is 2.24. The summed E-state index contributed by atoms with van der Waals surface area (Å²) >= 11 is 0. The predicted octanol–water partition coefficient (Wildman–Crippen LogP) is 2.31. The summed E-state index contributed by atoms with van der Waals surface area (Å²) in [7, 11) is 0. The summed E-state index contributed by atoms with van der Waals surface area (Å²) in [4.78, 5) is 16.3. The molecule has 0 N–H and O–H groups in total. The quantitative estimate of drug-likeness (QED) is 0.843. The van der Waals surface area contributed by atoms with Crippen molar-refractivity contribution in [3.63, 3.8) is 0 Å². The zero-order chi connectivity index (χ0) is 17.9. The van der Waals surface area contributed by atoms with E-state index in [0.717, 1.165) is 11.3 Å². The van der Waals surface area contributed by atoms with Crippen molar-refractivity contribution in [2.24, 2.45) is 0 Å². The molecule has 2 heterocycles. The number of benzene rings is 2. The number of hydrogen-bond acceptors (Lipinski definition) is 4. The molecule has 2 aliphatic rings. The molecule has 0 atom stereocenters. The van der Waals surface area contributed by atoms with Crippen LogP contribution in [0.1, 0.15) is 5.56 Å². The number of para-hydroxylation sites is 2. The number of carbonyl (C=O) groups is 1. The minimum Gasteiger partial charge on any atom is -0.492 e. The lowest BCUT2D eigenvalue weighted by atomic mass is 10.1. The van der Waals surface area contributed by atoms with Crippen molar-refractivity contribution in [1.29, 1.82) is 0 Å². The van der Waals surface area contributed by atoms with E-state index in [2.05, 4.69) is 4.90 Å². The van der Waals surface area contributed by atoms with Crippen molar-refractivity contribution < 1.29 is 18.7 Å². The molecule has 0 aliphatic carbocycles. The number of ether oxygens (including phenoxy) is 2. The van der Waals surface area contributed by atoms with Crippen molar-refractivity contribution in [2.75, 3.05) is 32.8 Å². The van der Waals surface area contributed by atoms with Crippen LogP contribution < -0.4 is 9.47 Å². The van der Waals surface area contributed by atoms with Crippen molar-refractivity contribution in [3.8, 4) is 11.5 Å². The molecule has 2 aromatic rings. The van der Waals surface area contributed by atoms with Gasteiger partial charge in [-0.15, -0.1) is 0 Å². The van der Waals surface area contributed by atoms with Gasteiger partial charge >= 0.3 is 0 Å². The van der Waals surface area contributed by atoms with Crippen molar-refractivity contribution in [2.45, 2.75) is 12.6 Å². The summed E-state index contributed by atoms with van der Waals surface area (Å²) in [6.07, 6.45) is -0.149. The molecule has 0 saturated carbocycles. The Labute approximate surface area is 151 Å². The van der Waals surface area contributed by atoms with Crippen molar-refractivity contribution >= 4 is 5.91 Å². The summed E-state index contributed by atoms with van der Waals surface area (Å²) in [5.74, 6) is 0.828. The number of amides is 1. The van der Waals surface area contributed by atoms with E-state index < -0.39 is 0 Å². The van der Waals surface area contributed by atoms with Crippen LogP contribution in [0, 0.1) is 5.82 Å². The lowest BCUT2D eigenvalue weighted by Crippen LogP contribution is -2.58. The Morgan fingerprint density at radius 3 is 2.77 bits per heavy atom. The van der Waals surface area contributed by atoms with Crippen LogP contribution in [-0.2, 0) is 11.3 Å². The minimum absolute atomic E-state index is 0.0674. The first-order valence-electron chi connectivity index (χ1n) is 8.81. The fourth-order valence-corrected chi connectivity index (χ4v) is 3.24. The van der Waals surface area contributed by atoms with E-state index in [-0.39, 0.29) is 23.6 Å². The number of fused-ring (bicyclic) bond motifs is 1. The molecule has 1 saturated heterocycles. The van der Waals surface area contributed by atoms with E-state index >= 15 is 0 Å². The highest BCUT2D eigenvalue weighted by Gasteiger charge is 2.33.